The van der Waals surface area contributed by atoms with E-state index >= 15 is 0 Å². The molecule has 0 N–H and O–H groups in total. The Balaban J connectivity index is 0.942. The molecule has 0 spiro atoms. The minimum atomic E-state index is -0.114. The zero-order chi connectivity index (χ0) is 42.5. The molecule has 0 radical (unpaired) electrons. The van der Waals surface area contributed by atoms with Crippen LogP contribution in [-0.4, -0.2) is 0 Å². The molecule has 0 atom stereocenters. The van der Waals surface area contributed by atoms with Crippen LogP contribution >= 0.6 is 0 Å². The predicted octanol–water partition coefficient (Wildman–Crippen LogP) is 17.4. The van der Waals surface area contributed by atoms with Crippen LogP contribution < -0.4 is 4.90 Å². The number of fused-ring (bicyclic) bond motifs is 11. The summed E-state index contributed by atoms with van der Waals surface area (Å²) in [7, 11) is 0. The molecule has 3 nitrogen and oxygen atoms in total. The second kappa shape index (κ2) is 13.9. The Morgan fingerprint density at radius 3 is 1.81 bits per heavy atom. The van der Waals surface area contributed by atoms with Crippen LogP contribution in [0.15, 0.2) is 221 Å². The van der Waals surface area contributed by atoms with E-state index in [1.54, 1.807) is 0 Å². The van der Waals surface area contributed by atoms with Crippen molar-refractivity contribution >= 4 is 71.7 Å². The van der Waals surface area contributed by atoms with E-state index in [0.29, 0.717) is 0 Å². The molecule has 3 heteroatoms. The SMILES string of the molecule is CC1(C)c2ccccc2-c2cccc(-c3ccc(N(c4ccc(-c5ccc6c(c5)oc5ccccc56)cc4)c4ccccc4-c4ccc5oc6c7ccccc7ccc6c5c4)cc3)c21. The van der Waals surface area contributed by atoms with Crippen LogP contribution in [0, 0.1) is 0 Å². The van der Waals surface area contributed by atoms with E-state index in [1.165, 1.54) is 38.8 Å². The molecule has 2 aromatic heterocycles. The molecule has 13 rings (SSSR count). The van der Waals surface area contributed by atoms with E-state index in [-0.39, 0.29) is 5.41 Å². The highest BCUT2D eigenvalue weighted by molar-refractivity contribution is 6.16. The van der Waals surface area contributed by atoms with Gasteiger partial charge >= 0.3 is 0 Å². The predicted molar refractivity (Wildman–Crippen MR) is 267 cm³/mol. The van der Waals surface area contributed by atoms with Gasteiger partial charge in [0.25, 0.3) is 0 Å². The van der Waals surface area contributed by atoms with Crippen molar-refractivity contribution in [1.82, 2.24) is 0 Å². The van der Waals surface area contributed by atoms with Crippen molar-refractivity contribution in [3.05, 3.63) is 223 Å². The fourth-order valence-corrected chi connectivity index (χ4v) is 10.6. The number of anilines is 3. The van der Waals surface area contributed by atoms with E-state index < -0.39 is 0 Å². The number of nitrogens with zero attached hydrogens (tertiary/aromatic N) is 1. The van der Waals surface area contributed by atoms with Crippen molar-refractivity contribution in [1.29, 1.82) is 0 Å². The van der Waals surface area contributed by atoms with Crippen LogP contribution in [0.1, 0.15) is 25.0 Å². The zero-order valence-corrected chi connectivity index (χ0v) is 35.5. The summed E-state index contributed by atoms with van der Waals surface area (Å²) in [5.74, 6) is 0. The Hall–Kier alpha value is -8.14. The van der Waals surface area contributed by atoms with E-state index in [0.717, 1.165) is 88.6 Å². The van der Waals surface area contributed by atoms with Gasteiger partial charge in [-0.3, -0.25) is 0 Å². The van der Waals surface area contributed by atoms with Gasteiger partial charge in [0.2, 0.25) is 0 Å². The molecule has 2 heterocycles. The number of rotatable bonds is 6. The van der Waals surface area contributed by atoms with Crippen LogP contribution in [0.5, 0.6) is 0 Å². The van der Waals surface area contributed by atoms with Gasteiger partial charge in [-0.25, -0.2) is 0 Å². The van der Waals surface area contributed by atoms with Crippen molar-refractivity contribution in [3.8, 4) is 44.5 Å². The monoisotopic (exact) mass is 819 g/mol. The summed E-state index contributed by atoms with van der Waals surface area (Å²) in [6.07, 6.45) is 0. The van der Waals surface area contributed by atoms with Gasteiger partial charge in [0.1, 0.15) is 22.3 Å². The zero-order valence-electron chi connectivity index (χ0n) is 35.5. The number of furan rings is 2. The third-order valence-electron chi connectivity index (χ3n) is 13.7. The molecular formula is C61H41NO2. The second-order valence-corrected chi connectivity index (χ2v) is 17.6. The first-order chi connectivity index (χ1) is 31.5. The van der Waals surface area contributed by atoms with Crippen LogP contribution in [0.4, 0.5) is 17.1 Å². The van der Waals surface area contributed by atoms with Crippen LogP contribution in [0.3, 0.4) is 0 Å². The third-order valence-corrected chi connectivity index (χ3v) is 13.7. The summed E-state index contributed by atoms with van der Waals surface area (Å²) in [6, 6.07) is 76.7. The molecule has 302 valence electrons. The summed E-state index contributed by atoms with van der Waals surface area (Å²) in [6.45, 7) is 4.72. The lowest BCUT2D eigenvalue weighted by molar-refractivity contribution is 0.662. The molecule has 0 aliphatic heterocycles. The Kier molecular flexibility index (Phi) is 7.95. The minimum absolute atomic E-state index is 0.114. The molecule has 0 saturated heterocycles. The van der Waals surface area contributed by atoms with Crippen LogP contribution in [0.25, 0.3) is 99.2 Å². The Morgan fingerprint density at radius 2 is 0.969 bits per heavy atom. The van der Waals surface area contributed by atoms with E-state index in [9.17, 15) is 0 Å². The maximum Gasteiger partial charge on any atom is 0.143 e. The first kappa shape index (κ1) is 36.5. The molecule has 12 aromatic rings. The van der Waals surface area contributed by atoms with Gasteiger partial charge < -0.3 is 13.7 Å². The van der Waals surface area contributed by atoms with E-state index in [1.807, 2.05) is 12.1 Å². The van der Waals surface area contributed by atoms with Gasteiger partial charge in [0.05, 0.1) is 5.69 Å². The maximum atomic E-state index is 6.55. The standard InChI is InChI=1S/C61H41NO2/c1-61(2)54-19-8-5-15-48(54)51-18-11-17-46(59(51)61)40-24-31-44(32-25-40)62(43-29-22-38(23-30-43)41-27-33-50-49-16-7-10-21-56(49)63-58(50)37-41)55-20-9-6-13-45(55)42-28-35-57-53(36-42)52-34-26-39-12-3-4-14-47(39)60(52)64-57/h3-37H,1-2H3. The molecule has 0 amide bonds. The number of benzene rings is 10. The average Bonchev–Trinajstić information content (AvgIpc) is 3.99. The Morgan fingerprint density at radius 1 is 0.359 bits per heavy atom. The van der Waals surface area contributed by atoms with E-state index in [4.69, 9.17) is 8.83 Å². The molecule has 0 saturated carbocycles. The van der Waals surface area contributed by atoms with Crippen molar-refractivity contribution in [2.24, 2.45) is 0 Å². The Labute approximate surface area is 371 Å². The molecule has 0 unspecified atom stereocenters. The first-order valence-corrected chi connectivity index (χ1v) is 22.1. The lowest BCUT2D eigenvalue weighted by Crippen LogP contribution is -2.16. The van der Waals surface area contributed by atoms with Gasteiger partial charge in [-0.1, -0.05) is 159 Å². The van der Waals surface area contributed by atoms with Gasteiger partial charge in [-0.15, -0.1) is 0 Å². The molecule has 64 heavy (non-hydrogen) atoms. The maximum absolute atomic E-state index is 6.55. The highest BCUT2D eigenvalue weighted by Crippen LogP contribution is 2.52. The summed E-state index contributed by atoms with van der Waals surface area (Å²) >= 11 is 0. The lowest BCUT2D eigenvalue weighted by atomic mass is 9.79. The summed E-state index contributed by atoms with van der Waals surface area (Å²) in [5, 5.41) is 6.80. The number of hydrogen-bond donors (Lipinski definition) is 0. The van der Waals surface area contributed by atoms with Gasteiger partial charge in [0.15, 0.2) is 0 Å². The molecule has 10 aromatic carbocycles. The topological polar surface area (TPSA) is 29.5 Å². The third kappa shape index (κ3) is 5.54. The fraction of sp³-hybridized carbons (Fsp3) is 0.0492. The normalized spacial score (nSPS) is 13.0. The highest BCUT2D eigenvalue weighted by atomic mass is 16.3. The largest absolute Gasteiger partial charge is 0.456 e. The smallest absolute Gasteiger partial charge is 0.143 e. The van der Waals surface area contributed by atoms with Gasteiger partial charge in [-0.2, -0.15) is 0 Å². The molecule has 0 bridgehead atoms. The first-order valence-electron chi connectivity index (χ1n) is 22.1. The van der Waals surface area contributed by atoms with Crippen molar-refractivity contribution < 1.29 is 8.83 Å². The van der Waals surface area contributed by atoms with Crippen molar-refractivity contribution in [2.75, 3.05) is 4.90 Å². The fourth-order valence-electron chi connectivity index (χ4n) is 10.6. The molecule has 1 aliphatic rings. The minimum Gasteiger partial charge on any atom is -0.456 e. The van der Waals surface area contributed by atoms with Gasteiger partial charge in [0, 0.05) is 49.3 Å². The summed E-state index contributed by atoms with van der Waals surface area (Å²) in [5.41, 5.74) is 19.1. The average molecular weight is 820 g/mol. The van der Waals surface area contributed by atoms with E-state index in [2.05, 4.69) is 219 Å². The van der Waals surface area contributed by atoms with Crippen molar-refractivity contribution in [2.45, 2.75) is 19.3 Å². The van der Waals surface area contributed by atoms with Gasteiger partial charge in [-0.05, 0) is 122 Å². The summed E-state index contributed by atoms with van der Waals surface area (Å²) in [4.78, 5) is 2.39. The second-order valence-electron chi connectivity index (χ2n) is 17.6. The highest BCUT2D eigenvalue weighted by Gasteiger charge is 2.37. The number of para-hydroxylation sites is 2. The van der Waals surface area contributed by atoms with Crippen LogP contribution in [-0.2, 0) is 5.41 Å². The lowest BCUT2D eigenvalue weighted by Gasteiger charge is -2.28. The number of hydrogen-bond acceptors (Lipinski definition) is 3. The quantitative estimate of drug-likeness (QED) is 0.167. The Bertz CT molecular complexity index is 3810. The molecular weight excluding hydrogens is 779 g/mol. The summed E-state index contributed by atoms with van der Waals surface area (Å²) < 4.78 is 12.8. The molecule has 0 fully saturated rings. The molecule has 1 aliphatic carbocycles. The van der Waals surface area contributed by atoms with Crippen molar-refractivity contribution in [3.63, 3.8) is 0 Å². The van der Waals surface area contributed by atoms with Crippen LogP contribution in [0.2, 0.25) is 0 Å².